The third kappa shape index (κ3) is 2.68. The summed E-state index contributed by atoms with van der Waals surface area (Å²) in [7, 11) is 0. The maximum Gasteiger partial charge on any atom is 0.287 e. The number of halogens is 2. The fraction of sp³-hybridized carbons (Fsp3) is 0. The maximum atomic E-state index is 13.6. The largest absolute Gasteiger partial charge is 0.454 e. The minimum Gasteiger partial charge on any atom is -0.454 e. The lowest BCUT2D eigenvalue weighted by molar-refractivity contribution is -0.385. The Bertz CT molecular complexity index is 728. The number of nitriles is 1. The van der Waals surface area contributed by atoms with Crippen molar-refractivity contribution in [3.63, 3.8) is 0 Å². The van der Waals surface area contributed by atoms with Crippen LogP contribution in [0.15, 0.2) is 36.4 Å². The van der Waals surface area contributed by atoms with Crippen molar-refractivity contribution >= 4 is 17.3 Å². The van der Waals surface area contributed by atoms with Gasteiger partial charge in [-0.3, -0.25) is 10.1 Å². The van der Waals surface area contributed by atoms with Gasteiger partial charge in [-0.25, -0.2) is 4.39 Å². The molecule has 0 atom stereocenters. The van der Waals surface area contributed by atoms with Crippen molar-refractivity contribution < 1.29 is 14.1 Å². The summed E-state index contributed by atoms with van der Waals surface area (Å²) in [6, 6.07) is 9.47. The van der Waals surface area contributed by atoms with Gasteiger partial charge in [-0.2, -0.15) is 5.26 Å². The van der Waals surface area contributed by atoms with Gasteiger partial charge in [0, 0.05) is 12.1 Å². The topological polar surface area (TPSA) is 76.2 Å². The highest BCUT2D eigenvalue weighted by atomic mass is 35.5. The second-order valence-corrected chi connectivity index (χ2v) is 4.11. The molecule has 0 N–H and O–H groups in total. The summed E-state index contributed by atoms with van der Waals surface area (Å²) in [5.41, 5.74) is -0.513. The molecule has 0 aliphatic carbocycles. The molecule has 7 heteroatoms. The van der Waals surface area contributed by atoms with E-state index in [9.17, 15) is 14.5 Å². The Balaban J connectivity index is 2.38. The quantitative estimate of drug-likeness (QED) is 0.631. The molecule has 2 aromatic rings. The normalized spacial score (nSPS) is 9.85. The summed E-state index contributed by atoms with van der Waals surface area (Å²) in [6.45, 7) is 0. The van der Waals surface area contributed by atoms with Crippen molar-refractivity contribution in [2.75, 3.05) is 0 Å². The number of ether oxygens (including phenoxy) is 1. The van der Waals surface area contributed by atoms with E-state index in [1.54, 1.807) is 6.07 Å². The Hall–Kier alpha value is -2.65. The Morgan fingerprint density at radius 2 is 2.10 bits per heavy atom. The zero-order valence-electron chi connectivity index (χ0n) is 9.84. The average Bonchev–Trinajstić information content (AvgIpc) is 2.43. The van der Waals surface area contributed by atoms with Crippen LogP contribution in [0.5, 0.6) is 11.5 Å². The summed E-state index contributed by atoms with van der Waals surface area (Å²) < 4.78 is 18.9. The second kappa shape index (κ2) is 5.55. The van der Waals surface area contributed by atoms with Crippen molar-refractivity contribution in [2.24, 2.45) is 0 Å². The van der Waals surface area contributed by atoms with E-state index in [0.717, 1.165) is 6.07 Å². The molecule has 0 fully saturated rings. The zero-order chi connectivity index (χ0) is 14.7. The number of hydrogen-bond donors (Lipinski definition) is 0. The van der Waals surface area contributed by atoms with Crippen molar-refractivity contribution in [1.82, 2.24) is 0 Å². The molecule has 0 aliphatic heterocycles. The fourth-order valence-corrected chi connectivity index (χ4v) is 1.68. The van der Waals surface area contributed by atoms with E-state index < -0.39 is 10.7 Å². The van der Waals surface area contributed by atoms with Gasteiger partial charge in [0.05, 0.1) is 9.95 Å². The molecule has 0 aromatic heterocycles. The van der Waals surface area contributed by atoms with Gasteiger partial charge in [0.1, 0.15) is 17.4 Å². The van der Waals surface area contributed by atoms with Crippen LogP contribution in [0.3, 0.4) is 0 Å². The molecule has 0 saturated heterocycles. The lowest BCUT2D eigenvalue weighted by Gasteiger charge is -2.07. The minimum atomic E-state index is -0.744. The molecule has 0 heterocycles. The van der Waals surface area contributed by atoms with Gasteiger partial charge >= 0.3 is 0 Å². The van der Waals surface area contributed by atoms with Gasteiger partial charge in [0.15, 0.2) is 11.6 Å². The molecule has 0 bridgehead atoms. The molecule has 100 valence electrons. The molecule has 0 unspecified atom stereocenters. The maximum absolute atomic E-state index is 13.6. The van der Waals surface area contributed by atoms with Crippen LogP contribution >= 0.6 is 11.6 Å². The summed E-state index contributed by atoms with van der Waals surface area (Å²) in [5, 5.41) is 19.4. The van der Waals surface area contributed by atoms with Crippen LogP contribution in [-0.4, -0.2) is 4.92 Å². The predicted octanol–water partition coefficient (Wildman–Crippen LogP) is 4.05. The number of rotatable bonds is 3. The monoisotopic (exact) mass is 292 g/mol. The molecule has 0 saturated carbocycles. The third-order valence-electron chi connectivity index (χ3n) is 2.43. The Kier molecular flexibility index (Phi) is 3.82. The number of benzene rings is 2. The van der Waals surface area contributed by atoms with Crippen LogP contribution in [0.4, 0.5) is 10.1 Å². The highest BCUT2D eigenvalue weighted by Gasteiger charge is 2.15. The van der Waals surface area contributed by atoms with Gasteiger partial charge in [-0.05, 0) is 18.2 Å². The number of nitro benzene ring substituents is 1. The first-order valence-corrected chi connectivity index (χ1v) is 5.71. The lowest BCUT2D eigenvalue weighted by Crippen LogP contribution is -1.94. The molecule has 0 amide bonds. The highest BCUT2D eigenvalue weighted by molar-refractivity contribution is 6.30. The number of nitro groups is 1. The van der Waals surface area contributed by atoms with E-state index in [2.05, 4.69) is 0 Å². The van der Waals surface area contributed by atoms with Crippen LogP contribution in [-0.2, 0) is 0 Å². The second-order valence-electron chi connectivity index (χ2n) is 3.70. The molecular weight excluding hydrogens is 287 g/mol. The van der Waals surface area contributed by atoms with Gasteiger partial charge in [-0.15, -0.1) is 0 Å². The van der Waals surface area contributed by atoms with Crippen LogP contribution in [0, 0.1) is 27.3 Å². The lowest BCUT2D eigenvalue weighted by atomic mass is 10.2. The molecule has 0 aliphatic rings. The van der Waals surface area contributed by atoms with Crippen LogP contribution in [0.25, 0.3) is 0 Å². The first-order valence-electron chi connectivity index (χ1n) is 5.33. The van der Waals surface area contributed by atoms with E-state index in [0.29, 0.717) is 0 Å². The number of hydrogen-bond acceptors (Lipinski definition) is 4. The van der Waals surface area contributed by atoms with Crippen molar-refractivity contribution in [1.29, 1.82) is 5.26 Å². The zero-order valence-corrected chi connectivity index (χ0v) is 10.6. The Labute approximate surface area is 117 Å². The Morgan fingerprint density at radius 1 is 1.35 bits per heavy atom. The van der Waals surface area contributed by atoms with E-state index in [1.807, 2.05) is 0 Å². The van der Waals surface area contributed by atoms with Gasteiger partial charge in [0.25, 0.3) is 5.69 Å². The van der Waals surface area contributed by atoms with Gasteiger partial charge in [0.2, 0.25) is 0 Å². The summed E-state index contributed by atoms with van der Waals surface area (Å²) in [5.74, 6) is -0.769. The molecule has 0 spiro atoms. The molecular formula is C13H6ClFN2O3. The standard InChI is InChI=1S/C13H6ClFN2O3/c14-10-2-1-3-12(13(10)15)20-9-4-5-11(17(18)19)8(6-9)7-16/h1-6H. The highest BCUT2D eigenvalue weighted by Crippen LogP contribution is 2.31. The molecule has 20 heavy (non-hydrogen) atoms. The smallest absolute Gasteiger partial charge is 0.287 e. The van der Waals surface area contributed by atoms with Crippen LogP contribution in [0.1, 0.15) is 5.56 Å². The van der Waals surface area contributed by atoms with Crippen molar-refractivity contribution in [3.8, 4) is 17.6 Å². The van der Waals surface area contributed by atoms with E-state index >= 15 is 0 Å². The van der Waals surface area contributed by atoms with E-state index in [4.69, 9.17) is 21.6 Å². The summed E-state index contributed by atoms with van der Waals surface area (Å²) >= 11 is 5.61. The molecule has 0 radical (unpaired) electrons. The van der Waals surface area contributed by atoms with Crippen molar-refractivity contribution in [2.45, 2.75) is 0 Å². The molecule has 2 rings (SSSR count). The van der Waals surface area contributed by atoms with Crippen molar-refractivity contribution in [3.05, 3.63) is 62.9 Å². The first-order chi connectivity index (χ1) is 9.52. The first kappa shape index (κ1) is 13.8. The third-order valence-corrected chi connectivity index (χ3v) is 2.72. The fourth-order valence-electron chi connectivity index (χ4n) is 1.52. The van der Waals surface area contributed by atoms with Crippen LogP contribution in [0.2, 0.25) is 5.02 Å². The minimum absolute atomic E-state index is 0.105. The Morgan fingerprint density at radius 3 is 2.75 bits per heavy atom. The molecule has 5 nitrogen and oxygen atoms in total. The van der Waals surface area contributed by atoms with E-state index in [1.165, 1.54) is 30.3 Å². The SMILES string of the molecule is N#Cc1cc(Oc2cccc(Cl)c2F)ccc1[N+](=O)[O-]. The van der Waals surface area contributed by atoms with E-state index in [-0.39, 0.29) is 27.8 Å². The number of nitrogens with zero attached hydrogens (tertiary/aromatic N) is 2. The van der Waals surface area contributed by atoms with Gasteiger partial charge < -0.3 is 4.74 Å². The van der Waals surface area contributed by atoms with Gasteiger partial charge in [-0.1, -0.05) is 17.7 Å². The average molecular weight is 293 g/mol. The predicted molar refractivity (Wildman–Crippen MR) is 69.3 cm³/mol. The summed E-state index contributed by atoms with van der Waals surface area (Å²) in [6.07, 6.45) is 0. The summed E-state index contributed by atoms with van der Waals surface area (Å²) in [4.78, 5) is 10.0. The molecule has 2 aromatic carbocycles. The van der Waals surface area contributed by atoms with Crippen LogP contribution < -0.4 is 4.74 Å².